The van der Waals surface area contributed by atoms with Crippen molar-refractivity contribution in [3.8, 4) is 5.75 Å². The largest absolute Gasteiger partial charge is 0.508 e. The van der Waals surface area contributed by atoms with E-state index in [4.69, 9.17) is 0 Å². The van der Waals surface area contributed by atoms with Gasteiger partial charge in [-0.3, -0.25) is 0 Å². The Morgan fingerprint density at radius 2 is 1.53 bits per heavy atom. The fourth-order valence-corrected chi connectivity index (χ4v) is 1.82. The van der Waals surface area contributed by atoms with Crippen LogP contribution in [0.2, 0.25) is 0 Å². The number of aliphatic hydroxyl groups excluding tert-OH is 1. The third-order valence-corrected chi connectivity index (χ3v) is 2.96. The lowest BCUT2D eigenvalue weighted by atomic mass is 9.80. The number of rotatable bonds is 1. The van der Waals surface area contributed by atoms with E-state index < -0.39 is 6.10 Å². The third-order valence-electron chi connectivity index (χ3n) is 2.96. The molecule has 0 fully saturated rings. The molecule has 96 valence electrons. The van der Waals surface area contributed by atoms with Crippen molar-refractivity contribution in [2.45, 2.75) is 53.1 Å². The molecule has 0 saturated heterocycles. The summed E-state index contributed by atoms with van der Waals surface area (Å²) in [6.45, 7) is 12.2. The maximum atomic E-state index is 10.3. The van der Waals surface area contributed by atoms with Crippen molar-refractivity contribution in [3.63, 3.8) is 0 Å². The van der Waals surface area contributed by atoms with Gasteiger partial charge in [0.25, 0.3) is 0 Å². The monoisotopic (exact) mass is 236 g/mol. The number of aliphatic hydroxyl groups is 1. The molecular formula is C15H24O2. The first kappa shape index (κ1) is 14.0. The summed E-state index contributed by atoms with van der Waals surface area (Å²) in [7, 11) is 0. The van der Waals surface area contributed by atoms with Crippen LogP contribution in [0.4, 0.5) is 0 Å². The summed E-state index contributed by atoms with van der Waals surface area (Å²) < 4.78 is 0. The van der Waals surface area contributed by atoms with Crippen LogP contribution in [0.15, 0.2) is 18.2 Å². The van der Waals surface area contributed by atoms with Gasteiger partial charge in [-0.25, -0.2) is 0 Å². The van der Waals surface area contributed by atoms with Crippen molar-refractivity contribution in [1.29, 1.82) is 0 Å². The molecule has 0 saturated carbocycles. The quantitative estimate of drug-likeness (QED) is 0.779. The van der Waals surface area contributed by atoms with Gasteiger partial charge in [-0.1, -0.05) is 47.6 Å². The van der Waals surface area contributed by atoms with Crippen LogP contribution in [-0.4, -0.2) is 10.2 Å². The smallest absolute Gasteiger partial charge is 0.119 e. The lowest BCUT2D eigenvalue weighted by Gasteiger charge is -2.28. The van der Waals surface area contributed by atoms with Crippen molar-refractivity contribution in [3.05, 3.63) is 29.3 Å². The van der Waals surface area contributed by atoms with Crippen LogP contribution in [0.1, 0.15) is 58.8 Å². The van der Waals surface area contributed by atoms with Gasteiger partial charge in [-0.05, 0) is 34.1 Å². The molecule has 0 spiro atoms. The second-order valence-electron chi connectivity index (χ2n) is 6.80. The number of phenolic OH excluding ortho intramolecular Hbond substituents is 1. The third kappa shape index (κ3) is 3.22. The fraction of sp³-hybridized carbons (Fsp3) is 0.600. The summed E-state index contributed by atoms with van der Waals surface area (Å²) >= 11 is 0. The van der Waals surface area contributed by atoms with Gasteiger partial charge >= 0.3 is 0 Å². The summed E-state index contributed by atoms with van der Waals surface area (Å²) in [5.74, 6) is 0.294. The van der Waals surface area contributed by atoms with Crippen molar-refractivity contribution < 1.29 is 10.2 Å². The minimum Gasteiger partial charge on any atom is -0.508 e. The molecular weight excluding hydrogens is 212 g/mol. The molecule has 0 amide bonds. The normalized spacial score (nSPS) is 14.8. The van der Waals surface area contributed by atoms with Gasteiger partial charge in [0.1, 0.15) is 5.75 Å². The van der Waals surface area contributed by atoms with Gasteiger partial charge in [0.05, 0.1) is 6.10 Å². The molecule has 2 N–H and O–H groups in total. The van der Waals surface area contributed by atoms with E-state index in [1.165, 1.54) is 0 Å². The zero-order chi connectivity index (χ0) is 13.4. The summed E-state index contributed by atoms with van der Waals surface area (Å²) in [6.07, 6.45) is -0.524. The summed E-state index contributed by atoms with van der Waals surface area (Å²) in [4.78, 5) is 0. The highest BCUT2D eigenvalue weighted by Crippen LogP contribution is 2.37. The molecule has 1 unspecified atom stereocenters. The Labute approximate surface area is 104 Å². The Kier molecular flexibility index (Phi) is 3.58. The number of hydrogen-bond donors (Lipinski definition) is 2. The highest BCUT2D eigenvalue weighted by Gasteiger charge is 2.26. The molecule has 0 aliphatic heterocycles. The van der Waals surface area contributed by atoms with Crippen LogP contribution in [0, 0.1) is 5.41 Å². The molecule has 0 bridgehead atoms. The molecule has 2 nitrogen and oxygen atoms in total. The molecule has 2 heteroatoms. The van der Waals surface area contributed by atoms with Gasteiger partial charge < -0.3 is 10.2 Å². The highest BCUT2D eigenvalue weighted by molar-refractivity contribution is 5.41. The van der Waals surface area contributed by atoms with Gasteiger partial charge in [0, 0.05) is 0 Å². The first-order valence-electron chi connectivity index (χ1n) is 6.05. The Bertz CT molecular complexity index is 394. The average Bonchev–Trinajstić information content (AvgIpc) is 2.14. The van der Waals surface area contributed by atoms with Crippen LogP contribution < -0.4 is 0 Å². The summed E-state index contributed by atoms with van der Waals surface area (Å²) in [6, 6.07) is 5.37. The van der Waals surface area contributed by atoms with Crippen molar-refractivity contribution in [1.82, 2.24) is 0 Å². The summed E-state index contributed by atoms with van der Waals surface area (Å²) in [5.41, 5.74) is 1.41. The van der Waals surface area contributed by atoms with E-state index in [0.29, 0.717) is 5.75 Å². The minimum absolute atomic E-state index is 0.127. The molecule has 1 atom stereocenters. The summed E-state index contributed by atoms with van der Waals surface area (Å²) in [5, 5.41) is 20.1. The number of hydrogen-bond acceptors (Lipinski definition) is 2. The van der Waals surface area contributed by atoms with Crippen molar-refractivity contribution in [2.24, 2.45) is 5.41 Å². The lowest BCUT2D eigenvalue weighted by molar-refractivity contribution is 0.0625. The minimum atomic E-state index is -0.524. The van der Waals surface area contributed by atoms with E-state index in [-0.39, 0.29) is 10.8 Å². The fourth-order valence-electron chi connectivity index (χ4n) is 1.82. The van der Waals surface area contributed by atoms with E-state index in [1.807, 2.05) is 26.8 Å². The molecule has 0 aliphatic rings. The topological polar surface area (TPSA) is 40.5 Å². The van der Waals surface area contributed by atoms with Gasteiger partial charge in [-0.2, -0.15) is 0 Å². The Morgan fingerprint density at radius 1 is 1.00 bits per heavy atom. The van der Waals surface area contributed by atoms with E-state index in [9.17, 15) is 10.2 Å². The Hall–Kier alpha value is -1.02. The highest BCUT2D eigenvalue weighted by atomic mass is 16.3. The van der Waals surface area contributed by atoms with Crippen LogP contribution >= 0.6 is 0 Å². The second kappa shape index (κ2) is 4.34. The van der Waals surface area contributed by atoms with Gasteiger partial charge in [-0.15, -0.1) is 0 Å². The number of aromatic hydroxyl groups is 1. The molecule has 1 aromatic carbocycles. The predicted octanol–water partition coefficient (Wildman–Crippen LogP) is 3.77. The number of phenols is 1. The lowest BCUT2D eigenvalue weighted by Crippen LogP contribution is -2.19. The van der Waals surface area contributed by atoms with E-state index >= 15 is 0 Å². The maximum absolute atomic E-state index is 10.3. The van der Waals surface area contributed by atoms with Crippen molar-refractivity contribution >= 4 is 0 Å². The first-order chi connectivity index (χ1) is 7.53. The van der Waals surface area contributed by atoms with E-state index in [2.05, 4.69) is 20.8 Å². The second-order valence-corrected chi connectivity index (χ2v) is 6.80. The van der Waals surface area contributed by atoms with Gasteiger partial charge in [0.15, 0.2) is 0 Å². The van der Waals surface area contributed by atoms with Crippen molar-refractivity contribution in [2.75, 3.05) is 0 Å². The van der Waals surface area contributed by atoms with Gasteiger partial charge in [0.2, 0.25) is 0 Å². The molecule has 17 heavy (non-hydrogen) atoms. The van der Waals surface area contributed by atoms with E-state index in [0.717, 1.165) is 11.1 Å². The van der Waals surface area contributed by atoms with Crippen LogP contribution in [-0.2, 0) is 5.41 Å². The molecule has 1 aromatic rings. The van der Waals surface area contributed by atoms with E-state index in [1.54, 1.807) is 12.1 Å². The SMILES string of the molecule is CC(C)(C)c1cc(C(O)C(C)(C)C)ccc1O. The molecule has 0 aromatic heterocycles. The average molecular weight is 236 g/mol. The molecule has 0 heterocycles. The Morgan fingerprint density at radius 3 is 1.94 bits per heavy atom. The molecule has 0 radical (unpaired) electrons. The first-order valence-corrected chi connectivity index (χ1v) is 6.05. The molecule has 1 rings (SSSR count). The van der Waals surface area contributed by atoms with Crippen LogP contribution in [0.25, 0.3) is 0 Å². The van der Waals surface area contributed by atoms with Crippen LogP contribution in [0.5, 0.6) is 5.75 Å². The molecule has 0 aliphatic carbocycles. The standard InChI is InChI=1S/C15H24O2/c1-14(2,3)11-9-10(7-8-12(11)16)13(17)15(4,5)6/h7-9,13,16-17H,1-6H3. The zero-order valence-electron chi connectivity index (χ0n) is 11.7. The Balaban J connectivity index is 3.23. The number of benzene rings is 1. The maximum Gasteiger partial charge on any atom is 0.119 e. The van der Waals surface area contributed by atoms with Crippen LogP contribution in [0.3, 0.4) is 0 Å². The predicted molar refractivity (Wildman–Crippen MR) is 71.2 cm³/mol. The zero-order valence-corrected chi connectivity index (χ0v) is 11.7.